The maximum absolute atomic E-state index is 12.2. The Hall–Kier alpha value is -1.45. The van der Waals surface area contributed by atoms with E-state index in [9.17, 15) is 13.2 Å². The van der Waals surface area contributed by atoms with Crippen LogP contribution in [0.25, 0.3) is 0 Å². The van der Waals surface area contributed by atoms with Crippen molar-refractivity contribution in [2.24, 2.45) is 0 Å². The lowest BCUT2D eigenvalue weighted by Crippen LogP contribution is -2.30. The van der Waals surface area contributed by atoms with Crippen LogP contribution >= 0.6 is 0 Å². The van der Waals surface area contributed by atoms with Crippen LogP contribution in [0.4, 0.5) is 0 Å². The number of carbonyl (C=O) groups is 1. The van der Waals surface area contributed by atoms with Gasteiger partial charge in [0.15, 0.2) is 0 Å². The number of aryl methyl sites for hydroxylation is 1. The van der Waals surface area contributed by atoms with E-state index >= 15 is 0 Å². The molecule has 0 amide bonds. The lowest BCUT2D eigenvalue weighted by Gasteiger charge is -2.15. The van der Waals surface area contributed by atoms with Gasteiger partial charge in [-0.25, -0.2) is 8.42 Å². The number of carboxylic acids is 1. The highest BCUT2D eigenvalue weighted by Gasteiger charge is 2.22. The van der Waals surface area contributed by atoms with Crippen molar-refractivity contribution in [2.45, 2.75) is 24.8 Å². The Morgan fingerprint density at radius 3 is 2.85 bits per heavy atom. The Morgan fingerprint density at radius 2 is 2.25 bits per heavy atom. The Labute approximate surface area is 118 Å². The Bertz CT molecular complexity index is 540. The molecule has 0 bridgehead atoms. The van der Waals surface area contributed by atoms with Gasteiger partial charge in [0.1, 0.15) is 4.90 Å². The molecule has 1 N–H and O–H groups in total. The van der Waals surface area contributed by atoms with E-state index in [-0.39, 0.29) is 24.4 Å². The van der Waals surface area contributed by atoms with Crippen molar-refractivity contribution in [3.05, 3.63) is 12.4 Å². The number of rotatable bonds is 9. The zero-order chi connectivity index (χ0) is 15.2. The molecule has 1 aromatic rings. The van der Waals surface area contributed by atoms with Gasteiger partial charge in [0.25, 0.3) is 0 Å². The molecule has 0 aliphatic carbocycles. The van der Waals surface area contributed by atoms with Gasteiger partial charge in [-0.3, -0.25) is 9.48 Å². The summed E-state index contributed by atoms with van der Waals surface area (Å²) in [5.74, 6) is -0.960. The van der Waals surface area contributed by atoms with E-state index < -0.39 is 16.0 Å². The first-order valence-electron chi connectivity index (χ1n) is 6.16. The fraction of sp³-hybridized carbons (Fsp3) is 0.636. The van der Waals surface area contributed by atoms with Crippen LogP contribution in [0.3, 0.4) is 0 Å². The molecule has 114 valence electrons. The SMILES string of the molecule is CCOCCN(C)S(=O)(=O)c1cnn(CCC(=O)O)c1. The Balaban J connectivity index is 2.69. The molecule has 0 radical (unpaired) electrons. The lowest BCUT2D eigenvalue weighted by molar-refractivity contribution is -0.137. The number of aromatic nitrogens is 2. The molecular formula is C11H19N3O5S. The van der Waals surface area contributed by atoms with Crippen LogP contribution in [0.2, 0.25) is 0 Å². The number of sulfonamides is 1. The average Bonchev–Trinajstić information content (AvgIpc) is 2.86. The third-order valence-corrected chi connectivity index (χ3v) is 4.44. The maximum atomic E-state index is 12.2. The van der Waals surface area contributed by atoms with Crippen molar-refractivity contribution >= 4 is 16.0 Å². The van der Waals surface area contributed by atoms with E-state index in [2.05, 4.69) is 5.10 Å². The number of hydrogen-bond acceptors (Lipinski definition) is 5. The van der Waals surface area contributed by atoms with E-state index in [1.807, 2.05) is 6.92 Å². The molecule has 1 rings (SSSR count). The van der Waals surface area contributed by atoms with Crippen LogP contribution in [0.15, 0.2) is 17.3 Å². The minimum atomic E-state index is -3.61. The van der Waals surface area contributed by atoms with Gasteiger partial charge in [-0.15, -0.1) is 0 Å². The molecule has 20 heavy (non-hydrogen) atoms. The summed E-state index contributed by atoms with van der Waals surface area (Å²) in [6.45, 7) is 3.06. The highest BCUT2D eigenvalue weighted by atomic mass is 32.2. The van der Waals surface area contributed by atoms with Gasteiger partial charge in [0.05, 0.1) is 25.8 Å². The van der Waals surface area contributed by atoms with E-state index in [0.29, 0.717) is 13.2 Å². The maximum Gasteiger partial charge on any atom is 0.305 e. The first kappa shape index (κ1) is 16.6. The fourth-order valence-electron chi connectivity index (χ4n) is 1.45. The van der Waals surface area contributed by atoms with Crippen LogP contribution < -0.4 is 0 Å². The van der Waals surface area contributed by atoms with Gasteiger partial charge in [0.2, 0.25) is 10.0 Å². The summed E-state index contributed by atoms with van der Waals surface area (Å²) in [6.07, 6.45) is 2.44. The largest absolute Gasteiger partial charge is 0.481 e. The van der Waals surface area contributed by atoms with Crippen LogP contribution in [0, 0.1) is 0 Å². The van der Waals surface area contributed by atoms with Crippen LogP contribution in [0.1, 0.15) is 13.3 Å². The van der Waals surface area contributed by atoms with E-state index in [1.54, 1.807) is 0 Å². The zero-order valence-electron chi connectivity index (χ0n) is 11.5. The predicted octanol–water partition coefficient (Wildman–Crippen LogP) is 0.0148. The standard InChI is InChI=1S/C11H19N3O5S/c1-3-19-7-6-13(2)20(17,18)10-8-12-14(9-10)5-4-11(15)16/h8-9H,3-7H2,1-2H3,(H,15,16). The van der Waals surface area contributed by atoms with E-state index in [0.717, 1.165) is 0 Å². The van der Waals surface area contributed by atoms with E-state index in [1.165, 1.54) is 28.4 Å². The highest BCUT2D eigenvalue weighted by Crippen LogP contribution is 2.13. The number of nitrogens with zero attached hydrogens (tertiary/aromatic N) is 3. The highest BCUT2D eigenvalue weighted by molar-refractivity contribution is 7.89. The third-order valence-electron chi connectivity index (χ3n) is 2.63. The monoisotopic (exact) mass is 305 g/mol. The number of ether oxygens (including phenoxy) is 1. The molecule has 0 saturated carbocycles. The first-order valence-corrected chi connectivity index (χ1v) is 7.60. The first-order chi connectivity index (χ1) is 9.37. The van der Waals surface area contributed by atoms with Gasteiger partial charge in [-0.05, 0) is 6.92 Å². The zero-order valence-corrected chi connectivity index (χ0v) is 12.3. The molecular weight excluding hydrogens is 286 g/mol. The topological polar surface area (TPSA) is 102 Å². The molecule has 8 nitrogen and oxygen atoms in total. The molecule has 0 spiro atoms. The molecule has 1 heterocycles. The summed E-state index contributed by atoms with van der Waals surface area (Å²) in [4.78, 5) is 10.5. The third kappa shape index (κ3) is 4.58. The lowest BCUT2D eigenvalue weighted by atomic mass is 10.4. The van der Waals surface area contributed by atoms with Gasteiger partial charge in [0, 0.05) is 26.4 Å². The predicted molar refractivity (Wildman–Crippen MR) is 70.8 cm³/mol. The minimum Gasteiger partial charge on any atom is -0.481 e. The van der Waals surface area contributed by atoms with Gasteiger partial charge >= 0.3 is 5.97 Å². The molecule has 0 aliphatic rings. The molecule has 0 fully saturated rings. The molecule has 0 aliphatic heterocycles. The molecule has 9 heteroatoms. The second kappa shape index (κ2) is 7.36. The van der Waals surface area contributed by atoms with Crippen molar-refractivity contribution < 1.29 is 23.1 Å². The van der Waals surface area contributed by atoms with Crippen LogP contribution in [-0.2, 0) is 26.1 Å². The molecule has 1 aromatic heterocycles. The van der Waals surface area contributed by atoms with Gasteiger partial charge in [-0.1, -0.05) is 0 Å². The van der Waals surface area contributed by atoms with Crippen LogP contribution in [-0.4, -0.2) is 60.4 Å². The Kier molecular flexibility index (Phi) is 6.11. The molecule has 0 saturated heterocycles. The fourth-order valence-corrected chi connectivity index (χ4v) is 2.56. The number of aliphatic carboxylic acids is 1. The second-order valence-electron chi connectivity index (χ2n) is 4.11. The summed E-state index contributed by atoms with van der Waals surface area (Å²) in [6, 6.07) is 0. The summed E-state index contributed by atoms with van der Waals surface area (Å²) in [5.41, 5.74) is 0. The Morgan fingerprint density at radius 1 is 1.55 bits per heavy atom. The summed E-state index contributed by atoms with van der Waals surface area (Å²) in [7, 11) is -2.15. The summed E-state index contributed by atoms with van der Waals surface area (Å²) < 4.78 is 32.0. The summed E-state index contributed by atoms with van der Waals surface area (Å²) >= 11 is 0. The number of likely N-dealkylation sites (N-methyl/N-ethyl adjacent to an activating group) is 1. The number of hydrogen-bond donors (Lipinski definition) is 1. The van der Waals surface area contributed by atoms with Gasteiger partial charge < -0.3 is 9.84 Å². The van der Waals surface area contributed by atoms with Crippen molar-refractivity contribution in [3.8, 4) is 0 Å². The van der Waals surface area contributed by atoms with E-state index in [4.69, 9.17) is 9.84 Å². The molecule has 0 aromatic carbocycles. The molecule has 0 atom stereocenters. The smallest absolute Gasteiger partial charge is 0.305 e. The quantitative estimate of drug-likeness (QED) is 0.645. The number of carboxylic acid groups (broad SMARTS) is 1. The van der Waals surface area contributed by atoms with Crippen molar-refractivity contribution in [1.29, 1.82) is 0 Å². The average molecular weight is 305 g/mol. The molecule has 0 unspecified atom stereocenters. The van der Waals surface area contributed by atoms with Gasteiger partial charge in [-0.2, -0.15) is 9.40 Å². The van der Waals surface area contributed by atoms with Crippen molar-refractivity contribution in [1.82, 2.24) is 14.1 Å². The summed E-state index contributed by atoms with van der Waals surface area (Å²) in [5, 5.41) is 12.4. The second-order valence-corrected chi connectivity index (χ2v) is 6.15. The van der Waals surface area contributed by atoms with Crippen molar-refractivity contribution in [2.75, 3.05) is 26.8 Å². The normalized spacial score (nSPS) is 11.9. The van der Waals surface area contributed by atoms with Crippen LogP contribution in [0.5, 0.6) is 0 Å². The minimum absolute atomic E-state index is 0.0434. The van der Waals surface area contributed by atoms with Crippen molar-refractivity contribution in [3.63, 3.8) is 0 Å².